The molecule has 0 bridgehead atoms. The van der Waals surface area contributed by atoms with Gasteiger partial charge in [-0.2, -0.15) is 0 Å². The first-order valence-electron chi connectivity index (χ1n) is 10.3. The van der Waals surface area contributed by atoms with Crippen LogP contribution in [0.1, 0.15) is 41.1 Å². The number of Topliss-reactive ketones (excluding diaryl/α,β-unsaturated/α-hetero) is 1. The predicted octanol–water partition coefficient (Wildman–Crippen LogP) is 4.04. The lowest BCUT2D eigenvalue weighted by Crippen LogP contribution is -2.23. The molecule has 2 heterocycles. The molecule has 0 N–H and O–H groups in total. The molecule has 1 atom stereocenters. The molecule has 7 nitrogen and oxygen atoms in total. The van der Waals surface area contributed by atoms with Crippen LogP contribution in [-0.2, 0) is 6.54 Å². The van der Waals surface area contributed by atoms with E-state index >= 15 is 0 Å². The van der Waals surface area contributed by atoms with Crippen molar-refractivity contribution in [1.29, 1.82) is 0 Å². The maximum absolute atomic E-state index is 12.8. The summed E-state index contributed by atoms with van der Waals surface area (Å²) in [7, 11) is 4.09. The number of rotatable bonds is 9. The summed E-state index contributed by atoms with van der Waals surface area (Å²) in [4.78, 5) is 15.0. The zero-order valence-electron chi connectivity index (χ0n) is 17.9. The second kappa shape index (κ2) is 9.53. The van der Waals surface area contributed by atoms with Crippen LogP contribution < -0.4 is 9.47 Å². The molecule has 31 heavy (non-hydrogen) atoms. The molecule has 0 saturated carbocycles. The number of hydrogen-bond donors (Lipinski definition) is 0. The maximum atomic E-state index is 12.8. The summed E-state index contributed by atoms with van der Waals surface area (Å²) in [6.45, 7) is 2.99. The minimum absolute atomic E-state index is 0.0127. The van der Waals surface area contributed by atoms with Gasteiger partial charge in [0.05, 0.1) is 18.3 Å². The zero-order valence-corrected chi connectivity index (χ0v) is 18.8. The van der Waals surface area contributed by atoms with E-state index in [1.165, 1.54) is 17.3 Å². The van der Waals surface area contributed by atoms with Crippen molar-refractivity contribution in [2.45, 2.75) is 31.1 Å². The normalized spacial score (nSPS) is 13.5. The van der Waals surface area contributed by atoms with Crippen LogP contribution >= 0.6 is 11.8 Å². The molecule has 3 aromatic rings. The van der Waals surface area contributed by atoms with Crippen LogP contribution in [-0.4, -0.2) is 52.1 Å². The van der Waals surface area contributed by atoms with Crippen molar-refractivity contribution in [3.8, 4) is 11.5 Å². The fraction of sp³-hybridized carbons (Fsp3) is 0.348. The van der Waals surface area contributed by atoms with Crippen molar-refractivity contribution in [3.63, 3.8) is 0 Å². The molecular weight excluding hydrogens is 412 g/mol. The lowest BCUT2D eigenvalue weighted by Gasteiger charge is -2.23. The Morgan fingerprint density at radius 3 is 2.65 bits per heavy atom. The van der Waals surface area contributed by atoms with Crippen LogP contribution in [0.3, 0.4) is 0 Å². The third-order valence-corrected chi connectivity index (χ3v) is 6.23. The number of fused-ring (bicyclic) bond motifs is 1. The molecule has 0 fully saturated rings. The van der Waals surface area contributed by atoms with Gasteiger partial charge >= 0.3 is 0 Å². The summed E-state index contributed by atoms with van der Waals surface area (Å²) in [6, 6.07) is 15.7. The number of benzene rings is 2. The Balaban J connectivity index is 1.55. The van der Waals surface area contributed by atoms with Gasteiger partial charge in [-0.25, -0.2) is 0 Å². The number of thioether (sulfide) groups is 1. The summed E-state index contributed by atoms with van der Waals surface area (Å²) in [5, 5.41) is 9.69. The van der Waals surface area contributed by atoms with Gasteiger partial charge in [0.25, 0.3) is 0 Å². The number of nitrogens with zero attached hydrogens (tertiary/aromatic N) is 4. The number of ketones is 1. The molecule has 1 aliphatic rings. The summed E-state index contributed by atoms with van der Waals surface area (Å²) >= 11 is 1.41. The Morgan fingerprint density at radius 2 is 1.90 bits per heavy atom. The topological polar surface area (TPSA) is 69.5 Å². The first-order chi connectivity index (χ1) is 15.1. The third-order valence-electron chi connectivity index (χ3n) is 5.26. The van der Waals surface area contributed by atoms with E-state index in [4.69, 9.17) is 9.47 Å². The van der Waals surface area contributed by atoms with Crippen molar-refractivity contribution in [2.75, 3.05) is 26.6 Å². The number of carbonyl (C=O) groups is 1. The van der Waals surface area contributed by atoms with Crippen molar-refractivity contribution < 1.29 is 14.3 Å². The van der Waals surface area contributed by atoms with Gasteiger partial charge in [0.15, 0.2) is 28.3 Å². The smallest absolute Gasteiger partial charge is 0.231 e. The molecule has 1 unspecified atom stereocenters. The molecule has 1 aliphatic heterocycles. The molecule has 0 aliphatic carbocycles. The Bertz CT molecular complexity index is 1050. The van der Waals surface area contributed by atoms with Crippen LogP contribution in [0.5, 0.6) is 11.5 Å². The number of hydrogen-bond acceptors (Lipinski definition) is 7. The fourth-order valence-electron chi connectivity index (χ4n) is 3.63. The van der Waals surface area contributed by atoms with Gasteiger partial charge in [-0.3, -0.25) is 9.69 Å². The van der Waals surface area contributed by atoms with Crippen LogP contribution in [0.4, 0.5) is 0 Å². The van der Waals surface area contributed by atoms with E-state index < -0.39 is 0 Å². The average Bonchev–Trinajstić information content (AvgIpc) is 3.40. The Morgan fingerprint density at radius 1 is 1.13 bits per heavy atom. The van der Waals surface area contributed by atoms with Gasteiger partial charge in [0.2, 0.25) is 6.79 Å². The van der Waals surface area contributed by atoms with E-state index in [9.17, 15) is 4.79 Å². The van der Waals surface area contributed by atoms with Crippen LogP contribution in [0, 0.1) is 0 Å². The van der Waals surface area contributed by atoms with Crippen molar-refractivity contribution in [2.24, 2.45) is 0 Å². The van der Waals surface area contributed by atoms with E-state index in [0.717, 1.165) is 17.4 Å². The van der Waals surface area contributed by atoms with Gasteiger partial charge in [-0.05, 0) is 44.3 Å². The number of ether oxygens (including phenoxy) is 2. The zero-order chi connectivity index (χ0) is 21.8. The van der Waals surface area contributed by atoms with Crippen molar-refractivity contribution in [3.05, 3.63) is 65.5 Å². The minimum Gasteiger partial charge on any atom is -0.454 e. The molecule has 4 rings (SSSR count). The molecule has 2 aromatic carbocycles. The third kappa shape index (κ3) is 4.75. The van der Waals surface area contributed by atoms with Gasteiger partial charge in [-0.1, -0.05) is 49.0 Å². The molecule has 0 spiro atoms. The SMILES string of the molecule is CCC(c1nnc(SCC(=O)c2ccc3c(c2)OCO3)n1Cc1ccccc1)N(C)C. The van der Waals surface area contributed by atoms with E-state index in [2.05, 4.69) is 38.7 Å². The lowest BCUT2D eigenvalue weighted by atomic mass is 10.1. The largest absolute Gasteiger partial charge is 0.454 e. The highest BCUT2D eigenvalue weighted by Crippen LogP contribution is 2.33. The quantitative estimate of drug-likeness (QED) is 0.369. The van der Waals surface area contributed by atoms with E-state index in [-0.39, 0.29) is 24.4 Å². The number of carbonyl (C=O) groups excluding carboxylic acids is 1. The maximum Gasteiger partial charge on any atom is 0.231 e. The first-order valence-corrected chi connectivity index (χ1v) is 11.2. The highest BCUT2D eigenvalue weighted by Gasteiger charge is 2.23. The Kier molecular flexibility index (Phi) is 6.58. The molecule has 0 radical (unpaired) electrons. The summed E-state index contributed by atoms with van der Waals surface area (Å²) < 4.78 is 12.8. The Hall–Kier alpha value is -2.84. The highest BCUT2D eigenvalue weighted by molar-refractivity contribution is 7.99. The summed E-state index contributed by atoms with van der Waals surface area (Å²) in [6.07, 6.45) is 0.917. The predicted molar refractivity (Wildman–Crippen MR) is 120 cm³/mol. The second-order valence-corrected chi connectivity index (χ2v) is 8.52. The average molecular weight is 439 g/mol. The summed E-state index contributed by atoms with van der Waals surface area (Å²) in [5.41, 5.74) is 1.77. The minimum atomic E-state index is 0.0127. The van der Waals surface area contributed by atoms with Crippen molar-refractivity contribution >= 4 is 17.5 Å². The molecular formula is C23H26N4O3S. The standard InChI is InChI=1S/C23H26N4O3S/c1-4-18(26(2)3)22-24-25-23(27(22)13-16-8-6-5-7-9-16)31-14-19(28)17-10-11-20-21(12-17)30-15-29-20/h5-12,18H,4,13-15H2,1-3H3. The molecule has 162 valence electrons. The lowest BCUT2D eigenvalue weighted by molar-refractivity contribution is 0.102. The van der Waals surface area contributed by atoms with Gasteiger partial charge in [-0.15, -0.1) is 10.2 Å². The molecule has 8 heteroatoms. The van der Waals surface area contributed by atoms with Gasteiger partial charge in [0, 0.05) is 5.56 Å². The summed E-state index contributed by atoms with van der Waals surface area (Å²) in [5.74, 6) is 2.48. The first kappa shape index (κ1) is 21.4. The fourth-order valence-corrected chi connectivity index (χ4v) is 4.47. The molecule has 1 aromatic heterocycles. The molecule has 0 amide bonds. The van der Waals surface area contributed by atoms with E-state index in [1.807, 2.05) is 32.3 Å². The van der Waals surface area contributed by atoms with Gasteiger partial charge in [0.1, 0.15) is 0 Å². The van der Waals surface area contributed by atoms with Crippen LogP contribution in [0.15, 0.2) is 53.7 Å². The van der Waals surface area contributed by atoms with Crippen LogP contribution in [0.25, 0.3) is 0 Å². The van der Waals surface area contributed by atoms with E-state index in [1.54, 1.807) is 18.2 Å². The monoisotopic (exact) mass is 438 g/mol. The van der Waals surface area contributed by atoms with Crippen molar-refractivity contribution in [1.82, 2.24) is 19.7 Å². The highest BCUT2D eigenvalue weighted by atomic mass is 32.2. The van der Waals surface area contributed by atoms with Crippen LogP contribution in [0.2, 0.25) is 0 Å². The Labute approximate surface area is 186 Å². The van der Waals surface area contributed by atoms with E-state index in [0.29, 0.717) is 23.6 Å². The molecule has 0 saturated heterocycles. The van der Waals surface area contributed by atoms with Gasteiger partial charge < -0.3 is 14.0 Å². The number of aromatic nitrogens is 3. The second-order valence-electron chi connectivity index (χ2n) is 7.58.